The van der Waals surface area contributed by atoms with Crippen LogP contribution in [0.5, 0.6) is 0 Å². The second-order valence-corrected chi connectivity index (χ2v) is 5.33. The molecule has 2 nitrogen and oxygen atoms in total. The number of alkyl halides is 3. The maximum Gasteiger partial charge on any atom is 0.416 e. The molecule has 0 aliphatic carbocycles. The molecule has 102 valence electrons. The molecule has 0 saturated carbocycles. The van der Waals surface area contributed by atoms with Crippen molar-refractivity contribution in [1.82, 2.24) is 5.43 Å². The molecule has 0 amide bonds. The molecule has 0 spiro atoms. The zero-order valence-corrected chi connectivity index (χ0v) is 11.0. The van der Waals surface area contributed by atoms with Crippen LogP contribution in [-0.4, -0.2) is 0 Å². The first-order chi connectivity index (χ1) is 8.91. The third kappa shape index (κ3) is 3.15. The van der Waals surface area contributed by atoms with Crippen LogP contribution < -0.4 is 11.3 Å². The number of nitrogens with one attached hydrogen (secondary N) is 1. The van der Waals surface area contributed by atoms with Gasteiger partial charge in [0.15, 0.2) is 0 Å². The van der Waals surface area contributed by atoms with E-state index in [4.69, 9.17) is 5.84 Å². The van der Waals surface area contributed by atoms with E-state index in [9.17, 15) is 13.2 Å². The van der Waals surface area contributed by atoms with Crippen molar-refractivity contribution >= 4 is 11.3 Å². The highest BCUT2D eigenvalue weighted by Gasteiger charge is 2.31. The van der Waals surface area contributed by atoms with Crippen LogP contribution >= 0.6 is 11.3 Å². The van der Waals surface area contributed by atoms with Crippen LogP contribution in [0.25, 0.3) is 0 Å². The van der Waals surface area contributed by atoms with Crippen LogP contribution in [0.4, 0.5) is 13.2 Å². The Bertz CT molecular complexity index is 563. The van der Waals surface area contributed by atoms with Crippen LogP contribution in [0.1, 0.15) is 27.6 Å². The summed E-state index contributed by atoms with van der Waals surface area (Å²) < 4.78 is 38.1. The van der Waals surface area contributed by atoms with E-state index >= 15 is 0 Å². The van der Waals surface area contributed by atoms with Crippen molar-refractivity contribution in [2.24, 2.45) is 5.84 Å². The topological polar surface area (TPSA) is 38.0 Å². The monoisotopic (exact) mass is 286 g/mol. The van der Waals surface area contributed by atoms with Crippen LogP contribution in [0.3, 0.4) is 0 Å². The van der Waals surface area contributed by atoms with Gasteiger partial charge in [0.05, 0.1) is 11.6 Å². The van der Waals surface area contributed by atoms with Gasteiger partial charge in [-0.2, -0.15) is 13.2 Å². The van der Waals surface area contributed by atoms with E-state index in [1.54, 1.807) is 6.07 Å². The standard InChI is InChI=1S/C13H13F3N2S/c1-8-5-10(7-19-8)12(18-17)9-3-2-4-11(6-9)13(14,15)16/h2-7,12,18H,17H2,1H3. The van der Waals surface area contributed by atoms with Gasteiger partial charge in [0, 0.05) is 4.88 Å². The molecule has 0 bridgehead atoms. The minimum absolute atomic E-state index is 0.438. The van der Waals surface area contributed by atoms with Crippen LogP contribution in [-0.2, 0) is 6.18 Å². The maximum absolute atomic E-state index is 12.7. The summed E-state index contributed by atoms with van der Waals surface area (Å²) >= 11 is 1.53. The number of benzene rings is 1. The lowest BCUT2D eigenvalue weighted by Gasteiger charge is -2.17. The molecule has 0 radical (unpaired) electrons. The van der Waals surface area contributed by atoms with Gasteiger partial charge < -0.3 is 0 Å². The van der Waals surface area contributed by atoms with Gasteiger partial charge in [-0.15, -0.1) is 11.3 Å². The Hall–Kier alpha value is -1.37. The van der Waals surface area contributed by atoms with Gasteiger partial charge in [0.2, 0.25) is 0 Å². The average molecular weight is 286 g/mol. The normalized spacial score (nSPS) is 13.5. The molecule has 2 aromatic rings. The molecule has 0 fully saturated rings. The number of nitrogens with two attached hydrogens (primary N) is 1. The molecule has 6 heteroatoms. The first-order valence-corrected chi connectivity index (χ1v) is 6.48. The highest BCUT2D eigenvalue weighted by molar-refractivity contribution is 7.10. The highest BCUT2D eigenvalue weighted by atomic mass is 32.1. The number of hydrogen-bond donors (Lipinski definition) is 2. The summed E-state index contributed by atoms with van der Waals surface area (Å²) in [4.78, 5) is 1.09. The second kappa shape index (κ2) is 5.32. The van der Waals surface area contributed by atoms with Crippen molar-refractivity contribution in [1.29, 1.82) is 0 Å². The number of halogens is 3. The molecule has 0 saturated heterocycles. The number of aryl methyl sites for hydroxylation is 1. The number of rotatable bonds is 3. The molecule has 1 heterocycles. The summed E-state index contributed by atoms with van der Waals surface area (Å²) in [7, 11) is 0. The zero-order chi connectivity index (χ0) is 14.0. The summed E-state index contributed by atoms with van der Waals surface area (Å²) in [5.74, 6) is 5.48. The molecule has 1 aromatic heterocycles. The molecule has 1 atom stereocenters. The summed E-state index contributed by atoms with van der Waals surface area (Å²) in [6.07, 6.45) is -4.35. The van der Waals surface area contributed by atoms with Crippen LogP contribution in [0, 0.1) is 6.92 Å². The third-order valence-electron chi connectivity index (χ3n) is 2.80. The number of hydrogen-bond acceptors (Lipinski definition) is 3. The smallest absolute Gasteiger partial charge is 0.271 e. The molecular weight excluding hydrogens is 273 g/mol. The van der Waals surface area contributed by atoms with Gasteiger partial charge in [-0.3, -0.25) is 5.84 Å². The highest BCUT2D eigenvalue weighted by Crippen LogP contribution is 2.32. The van der Waals surface area contributed by atoms with E-state index in [-0.39, 0.29) is 0 Å². The summed E-state index contributed by atoms with van der Waals surface area (Å²) in [5, 5.41) is 1.89. The first-order valence-electron chi connectivity index (χ1n) is 5.60. The summed E-state index contributed by atoms with van der Waals surface area (Å²) in [5.41, 5.74) is 3.26. The van der Waals surface area contributed by atoms with E-state index in [0.29, 0.717) is 5.56 Å². The van der Waals surface area contributed by atoms with E-state index < -0.39 is 17.8 Å². The molecule has 3 N–H and O–H groups in total. The van der Waals surface area contributed by atoms with Crippen molar-refractivity contribution in [3.05, 3.63) is 57.3 Å². The fraction of sp³-hybridized carbons (Fsp3) is 0.231. The Kier molecular flexibility index (Phi) is 3.93. The van der Waals surface area contributed by atoms with Crippen molar-refractivity contribution < 1.29 is 13.2 Å². The van der Waals surface area contributed by atoms with Crippen molar-refractivity contribution in [2.75, 3.05) is 0 Å². The van der Waals surface area contributed by atoms with Crippen molar-refractivity contribution in [3.63, 3.8) is 0 Å². The molecular formula is C13H13F3N2S. The third-order valence-corrected chi connectivity index (χ3v) is 3.68. The van der Waals surface area contributed by atoms with E-state index in [2.05, 4.69) is 5.43 Å². The Morgan fingerprint density at radius 1 is 1.21 bits per heavy atom. The molecule has 0 aliphatic rings. The van der Waals surface area contributed by atoms with Gasteiger partial charge in [-0.25, -0.2) is 5.43 Å². The van der Waals surface area contributed by atoms with Crippen molar-refractivity contribution in [3.8, 4) is 0 Å². The van der Waals surface area contributed by atoms with E-state index in [1.165, 1.54) is 17.4 Å². The van der Waals surface area contributed by atoms with E-state index in [0.717, 1.165) is 22.6 Å². The fourth-order valence-electron chi connectivity index (χ4n) is 1.89. The molecule has 0 aliphatic heterocycles. The lowest BCUT2D eigenvalue weighted by molar-refractivity contribution is -0.137. The van der Waals surface area contributed by atoms with Crippen LogP contribution in [0.2, 0.25) is 0 Å². The van der Waals surface area contributed by atoms with Gasteiger partial charge in [0.1, 0.15) is 0 Å². The van der Waals surface area contributed by atoms with Gasteiger partial charge in [-0.05, 0) is 41.6 Å². The van der Waals surface area contributed by atoms with Crippen LogP contribution in [0.15, 0.2) is 35.7 Å². The van der Waals surface area contributed by atoms with Gasteiger partial charge >= 0.3 is 6.18 Å². The lowest BCUT2D eigenvalue weighted by Crippen LogP contribution is -2.28. The summed E-state index contributed by atoms with van der Waals surface area (Å²) in [6, 6.07) is 6.67. The Labute approximate surface area is 113 Å². The fourth-order valence-corrected chi connectivity index (χ4v) is 2.62. The summed E-state index contributed by atoms with van der Waals surface area (Å²) in [6.45, 7) is 1.94. The molecule has 1 aromatic carbocycles. The lowest BCUT2D eigenvalue weighted by atomic mass is 9.99. The van der Waals surface area contributed by atoms with Gasteiger partial charge in [-0.1, -0.05) is 12.1 Å². The zero-order valence-electron chi connectivity index (χ0n) is 10.2. The second-order valence-electron chi connectivity index (χ2n) is 4.21. The minimum Gasteiger partial charge on any atom is -0.271 e. The molecule has 1 unspecified atom stereocenters. The SMILES string of the molecule is Cc1cc(C(NN)c2cccc(C(F)(F)F)c2)cs1. The predicted molar refractivity (Wildman–Crippen MR) is 69.7 cm³/mol. The number of hydrazine groups is 1. The predicted octanol–water partition coefficient (Wildman–Crippen LogP) is 3.63. The molecule has 2 rings (SSSR count). The maximum atomic E-state index is 12.7. The van der Waals surface area contributed by atoms with Crippen molar-refractivity contribution in [2.45, 2.75) is 19.1 Å². The van der Waals surface area contributed by atoms with E-state index in [1.807, 2.05) is 18.4 Å². The molecule has 19 heavy (non-hydrogen) atoms. The Morgan fingerprint density at radius 2 is 1.95 bits per heavy atom. The Balaban J connectivity index is 2.39. The van der Waals surface area contributed by atoms with Gasteiger partial charge in [0.25, 0.3) is 0 Å². The quantitative estimate of drug-likeness (QED) is 0.668. The number of thiophene rings is 1. The first kappa shape index (κ1) is 14.0. The Morgan fingerprint density at radius 3 is 2.47 bits per heavy atom. The minimum atomic E-state index is -4.35. The largest absolute Gasteiger partial charge is 0.416 e. The average Bonchev–Trinajstić information content (AvgIpc) is 2.76.